The van der Waals surface area contributed by atoms with Crippen LogP contribution in [0.25, 0.3) is 0 Å². The predicted molar refractivity (Wildman–Crippen MR) is 252 cm³/mol. The van der Waals surface area contributed by atoms with Crippen LogP contribution in [0.4, 0.5) is 17.2 Å². The minimum Gasteiger partial charge on any atom is -0.496 e. The van der Waals surface area contributed by atoms with Crippen LogP contribution >= 0.6 is 28.3 Å². The van der Waals surface area contributed by atoms with E-state index in [9.17, 15) is 28.8 Å². The monoisotopic (exact) mass is 971 g/mol. The van der Waals surface area contributed by atoms with Gasteiger partial charge >= 0.3 is 0 Å². The summed E-state index contributed by atoms with van der Waals surface area (Å²) >= 11 is 3.51. The number of benzene rings is 3. The molecule has 1 aromatic heterocycles. The van der Waals surface area contributed by atoms with E-state index in [1.54, 1.807) is 55.6 Å². The number of rotatable bonds is 17. The minimum absolute atomic E-state index is 0. The van der Waals surface area contributed by atoms with Gasteiger partial charge in [-0.05, 0) is 94.6 Å². The van der Waals surface area contributed by atoms with Crippen molar-refractivity contribution < 1.29 is 33.5 Å². The maximum absolute atomic E-state index is 13.5. The van der Waals surface area contributed by atoms with Crippen LogP contribution in [0.1, 0.15) is 95.6 Å². The first-order chi connectivity index (χ1) is 30.7. The number of piperidine rings is 1. The number of imide groups is 1. The number of anilines is 3. The number of hydrogen-bond acceptors (Lipinski definition) is 11. The number of methoxy groups -OCH3 is 1. The number of hydrogen-bond donors (Lipinski definition) is 4. The summed E-state index contributed by atoms with van der Waals surface area (Å²) in [6.07, 6.45) is 4.95. The lowest BCUT2D eigenvalue weighted by Crippen LogP contribution is -2.52. The van der Waals surface area contributed by atoms with Crippen LogP contribution in [0.3, 0.4) is 0 Å². The molecular weight excluding hydrogens is 918 g/mol. The van der Waals surface area contributed by atoms with Gasteiger partial charge in [-0.3, -0.25) is 34.1 Å². The first-order valence-electron chi connectivity index (χ1n) is 21.6. The molecule has 1 atom stereocenters. The number of carbonyl (C=O) groups is 6. The van der Waals surface area contributed by atoms with Gasteiger partial charge in [-0.1, -0.05) is 40.2 Å². The molecule has 0 aliphatic carbocycles. The zero-order chi connectivity index (χ0) is 45.5. The summed E-state index contributed by atoms with van der Waals surface area (Å²) in [7, 11) is 3.33. The number of ether oxygens (including phenoxy) is 1. The second kappa shape index (κ2) is 21.4. The van der Waals surface area contributed by atoms with Crippen LogP contribution in [-0.4, -0.2) is 96.7 Å². The lowest BCUT2D eigenvalue weighted by Gasteiger charge is -2.29. The molecule has 344 valence electrons. The fourth-order valence-corrected chi connectivity index (χ4v) is 8.64. The maximum Gasteiger partial charge on any atom is 0.255 e. The number of aromatic nitrogens is 2. The SMILES string of the molecule is COc1cc(C(=O)NCCCNCCCCC(=O)Nc2cccc3c2CN(C2CCC(=O)NC2=O)C3=O)ccc1Cc1ncc2c(n1)N(Cc1ccc(Br)cc1)CC(C)(C)C(=O)N2C.Cl. The first-order valence-corrected chi connectivity index (χ1v) is 22.4. The van der Waals surface area contributed by atoms with Crippen molar-refractivity contribution >= 4 is 81.0 Å². The van der Waals surface area contributed by atoms with Gasteiger partial charge < -0.3 is 35.4 Å². The van der Waals surface area contributed by atoms with Crippen LogP contribution in [0, 0.1) is 5.41 Å². The predicted octanol–water partition coefficient (Wildman–Crippen LogP) is 5.55. The normalized spacial score (nSPS) is 16.6. The highest BCUT2D eigenvalue weighted by Gasteiger charge is 2.41. The molecular formula is C47H55BrClN9O7. The van der Waals surface area contributed by atoms with E-state index in [0.29, 0.717) is 104 Å². The van der Waals surface area contributed by atoms with E-state index in [4.69, 9.17) is 9.72 Å². The molecule has 0 radical (unpaired) electrons. The Labute approximate surface area is 393 Å². The third kappa shape index (κ3) is 11.5. The summed E-state index contributed by atoms with van der Waals surface area (Å²) in [6.45, 7) is 6.98. The Morgan fingerprint density at radius 2 is 1.75 bits per heavy atom. The van der Waals surface area contributed by atoms with Gasteiger partial charge in [0.2, 0.25) is 23.6 Å². The highest BCUT2D eigenvalue weighted by atomic mass is 79.9. The third-order valence-corrected chi connectivity index (χ3v) is 12.3. The lowest BCUT2D eigenvalue weighted by atomic mass is 9.91. The fraction of sp³-hybridized carbons (Fsp3) is 0.404. The summed E-state index contributed by atoms with van der Waals surface area (Å²) in [5.74, 6) is 0.285. The van der Waals surface area contributed by atoms with Gasteiger partial charge in [0.1, 0.15) is 23.3 Å². The Kier molecular flexibility index (Phi) is 16.0. The van der Waals surface area contributed by atoms with Crippen molar-refractivity contribution in [3.63, 3.8) is 0 Å². The molecule has 3 aliphatic heterocycles. The number of halogens is 2. The Morgan fingerprint density at radius 3 is 2.51 bits per heavy atom. The van der Waals surface area contributed by atoms with Crippen LogP contribution in [0.15, 0.2) is 71.3 Å². The number of nitrogens with zero attached hydrogens (tertiary/aromatic N) is 5. The topological polar surface area (TPSA) is 195 Å². The molecule has 65 heavy (non-hydrogen) atoms. The van der Waals surface area contributed by atoms with Crippen LogP contribution in [0.2, 0.25) is 0 Å². The third-order valence-electron chi connectivity index (χ3n) is 11.8. The van der Waals surface area contributed by atoms with Crippen molar-refractivity contribution in [2.75, 3.05) is 55.5 Å². The van der Waals surface area contributed by atoms with E-state index in [1.165, 1.54) is 4.90 Å². The second-order valence-corrected chi connectivity index (χ2v) is 17.9. The molecule has 18 heteroatoms. The Balaban J connectivity index is 0.00000700. The van der Waals surface area contributed by atoms with Gasteiger partial charge in [-0.15, -0.1) is 12.4 Å². The maximum atomic E-state index is 13.5. The smallest absolute Gasteiger partial charge is 0.255 e. The van der Waals surface area contributed by atoms with Crippen molar-refractivity contribution in [1.29, 1.82) is 0 Å². The zero-order valence-corrected chi connectivity index (χ0v) is 39.4. The molecule has 0 saturated carbocycles. The zero-order valence-electron chi connectivity index (χ0n) is 37.0. The van der Waals surface area contributed by atoms with E-state index in [-0.39, 0.29) is 61.3 Å². The molecule has 7 rings (SSSR count). The van der Waals surface area contributed by atoms with Crippen molar-refractivity contribution in [3.05, 3.63) is 105 Å². The average molecular weight is 973 g/mol. The molecule has 3 aromatic carbocycles. The van der Waals surface area contributed by atoms with Crippen LogP contribution in [0.5, 0.6) is 5.75 Å². The van der Waals surface area contributed by atoms with Crippen LogP contribution in [-0.2, 0) is 38.7 Å². The standard InChI is InChI=1S/C47H54BrN9O7.ClH/c1-47(2)28-56(26-29-12-16-32(48)17-13-29)42-37(55(3)46(47)63)25-51-39(53-42)24-30-14-15-31(23-38(30)64-4)43(60)50-22-8-21-49-20-6-5-11-40(58)52-35-10-7-9-33-34(35)27-57(45(33)62)36-18-19-41(59)54-44(36)61;/h7,9-10,12-17,23,25,36,49H,5-6,8,11,18-22,24,26-28H2,1-4H3,(H,50,60)(H,52,58)(H,54,59,61);1H. The van der Waals surface area contributed by atoms with E-state index < -0.39 is 17.4 Å². The molecule has 0 spiro atoms. The number of nitrogens with one attached hydrogen (secondary N) is 4. The highest BCUT2D eigenvalue weighted by molar-refractivity contribution is 9.10. The van der Waals surface area contributed by atoms with E-state index in [2.05, 4.69) is 59.2 Å². The van der Waals surface area contributed by atoms with Crippen molar-refractivity contribution in [2.24, 2.45) is 5.41 Å². The first kappa shape index (κ1) is 48.5. The molecule has 1 unspecified atom stereocenters. The Bertz CT molecular complexity index is 2450. The minimum atomic E-state index is -0.722. The Morgan fingerprint density at radius 1 is 0.985 bits per heavy atom. The van der Waals surface area contributed by atoms with Crippen molar-refractivity contribution in [2.45, 2.75) is 77.9 Å². The van der Waals surface area contributed by atoms with Gasteiger partial charge in [-0.2, -0.15) is 0 Å². The molecule has 1 saturated heterocycles. The quantitative estimate of drug-likeness (QED) is 0.0766. The van der Waals surface area contributed by atoms with Gasteiger partial charge in [0, 0.05) is 84.9 Å². The molecule has 6 amide bonds. The summed E-state index contributed by atoms with van der Waals surface area (Å²) < 4.78 is 6.71. The van der Waals surface area contributed by atoms with Gasteiger partial charge in [0.15, 0.2) is 5.82 Å². The lowest BCUT2D eigenvalue weighted by molar-refractivity contribution is -0.137. The molecule has 4 heterocycles. The Hall–Kier alpha value is -5.91. The number of amides is 6. The van der Waals surface area contributed by atoms with Crippen molar-refractivity contribution in [3.8, 4) is 5.75 Å². The van der Waals surface area contributed by atoms with Gasteiger partial charge in [0.05, 0.1) is 18.7 Å². The van der Waals surface area contributed by atoms with E-state index >= 15 is 0 Å². The average Bonchev–Trinajstić information content (AvgIpc) is 3.59. The summed E-state index contributed by atoms with van der Waals surface area (Å²) in [5.41, 5.74) is 4.02. The summed E-state index contributed by atoms with van der Waals surface area (Å²) in [5, 5.41) is 11.6. The second-order valence-electron chi connectivity index (χ2n) is 17.0. The largest absolute Gasteiger partial charge is 0.496 e. The fourth-order valence-electron chi connectivity index (χ4n) is 8.38. The molecule has 1 fully saturated rings. The molecule has 4 aromatic rings. The van der Waals surface area contributed by atoms with Gasteiger partial charge in [-0.25, -0.2) is 9.97 Å². The number of carbonyl (C=O) groups excluding carboxylic acids is 6. The van der Waals surface area contributed by atoms with Crippen LogP contribution < -0.4 is 35.8 Å². The molecule has 3 aliphatic rings. The van der Waals surface area contributed by atoms with Gasteiger partial charge in [0.25, 0.3) is 11.8 Å². The number of unbranched alkanes of at least 4 members (excludes halogenated alkanes) is 1. The van der Waals surface area contributed by atoms with Crippen molar-refractivity contribution in [1.82, 2.24) is 30.8 Å². The molecule has 4 N–H and O–H groups in total. The highest BCUT2D eigenvalue weighted by Crippen LogP contribution is 2.37. The van der Waals surface area contributed by atoms with E-state index in [1.807, 2.05) is 32.0 Å². The molecule has 16 nitrogen and oxygen atoms in total. The summed E-state index contributed by atoms with van der Waals surface area (Å²) in [6, 6.07) is 17.9. The van der Waals surface area contributed by atoms with E-state index in [0.717, 1.165) is 22.0 Å². The summed E-state index contributed by atoms with van der Waals surface area (Å²) in [4.78, 5) is 91.4. The number of fused-ring (bicyclic) bond motifs is 2. The molecule has 0 bridgehead atoms.